The quantitative estimate of drug-likeness (QED) is 0.300. The molecule has 2 saturated heterocycles. The van der Waals surface area contributed by atoms with Crippen LogP contribution in [0, 0.1) is 18.3 Å². The van der Waals surface area contributed by atoms with Gasteiger partial charge in [-0.05, 0) is 49.9 Å². The summed E-state index contributed by atoms with van der Waals surface area (Å²) in [4.78, 5) is 52.5. The van der Waals surface area contributed by atoms with Gasteiger partial charge in [0.15, 0.2) is 11.5 Å². The highest BCUT2D eigenvalue weighted by atomic mass is 19.4. The third kappa shape index (κ3) is 6.82. The average molecular weight is 655 g/mol. The molecule has 47 heavy (non-hydrogen) atoms. The number of nitriles is 1. The van der Waals surface area contributed by atoms with Gasteiger partial charge in [-0.2, -0.15) is 23.5 Å². The van der Waals surface area contributed by atoms with Gasteiger partial charge in [0.25, 0.3) is 11.8 Å². The van der Waals surface area contributed by atoms with E-state index in [0.717, 1.165) is 36.6 Å². The topological polar surface area (TPSA) is 179 Å². The molecule has 14 nitrogen and oxygen atoms in total. The molecule has 4 amide bonds. The second-order valence-corrected chi connectivity index (χ2v) is 11.7. The molecule has 2 atom stereocenters. The Bertz CT molecular complexity index is 1720. The number of alkyl halides is 3. The summed E-state index contributed by atoms with van der Waals surface area (Å²) in [6.45, 7) is 4.90. The highest BCUT2D eigenvalue weighted by Gasteiger charge is 2.42. The monoisotopic (exact) mass is 654 g/mol. The zero-order chi connectivity index (χ0) is 34.0. The number of carbonyl (C=O) groups excluding carboxylic acids is 4. The Morgan fingerprint density at radius 2 is 1.85 bits per heavy atom. The van der Waals surface area contributed by atoms with Crippen molar-refractivity contribution in [3.05, 3.63) is 53.2 Å². The van der Waals surface area contributed by atoms with Crippen molar-refractivity contribution in [3.8, 4) is 17.3 Å². The first-order valence-electron chi connectivity index (χ1n) is 14.8. The molecule has 6 rings (SSSR count). The fourth-order valence-corrected chi connectivity index (χ4v) is 6.21. The number of nitrogens with one attached hydrogen (secondary N) is 4. The first-order chi connectivity index (χ1) is 22.4. The van der Waals surface area contributed by atoms with Gasteiger partial charge < -0.3 is 35.5 Å². The first kappa shape index (κ1) is 33.1. The molecule has 248 valence electrons. The van der Waals surface area contributed by atoms with E-state index in [9.17, 15) is 27.6 Å². The van der Waals surface area contributed by atoms with Gasteiger partial charge in [-0.15, -0.1) is 0 Å². The third-order valence-corrected chi connectivity index (χ3v) is 8.58. The Balaban J connectivity index is 0.00000213. The van der Waals surface area contributed by atoms with Crippen molar-refractivity contribution < 1.29 is 32.3 Å². The lowest BCUT2D eigenvalue weighted by Gasteiger charge is -2.38. The van der Waals surface area contributed by atoms with Crippen molar-refractivity contribution in [1.82, 2.24) is 40.2 Å². The fourth-order valence-electron chi connectivity index (χ4n) is 6.21. The highest BCUT2D eigenvalue weighted by Crippen LogP contribution is 2.36. The van der Waals surface area contributed by atoms with Crippen LogP contribution in [0.4, 0.5) is 23.7 Å². The van der Waals surface area contributed by atoms with Gasteiger partial charge >= 0.3 is 12.2 Å². The molecule has 2 bridgehead atoms. The van der Waals surface area contributed by atoms with Crippen molar-refractivity contribution in [2.75, 3.05) is 18.4 Å². The molecular formula is C30H33F3N10O4. The van der Waals surface area contributed by atoms with Crippen LogP contribution in [0.1, 0.15) is 51.5 Å². The van der Waals surface area contributed by atoms with Gasteiger partial charge in [-0.25, -0.2) is 9.78 Å². The Morgan fingerprint density at radius 3 is 2.47 bits per heavy atom. The second-order valence-electron chi connectivity index (χ2n) is 11.7. The minimum absolute atomic E-state index is 0.00184. The number of hydrogen-bond donors (Lipinski definition) is 4. The van der Waals surface area contributed by atoms with Crippen LogP contribution in [0.5, 0.6) is 0 Å². The number of urea groups is 1. The maximum Gasteiger partial charge on any atom is 0.435 e. The minimum atomic E-state index is -4.78. The average Bonchev–Trinajstić information content (AvgIpc) is 3.81. The number of anilines is 1. The molecule has 17 heteroatoms. The summed E-state index contributed by atoms with van der Waals surface area (Å²) in [5, 5.41) is 24.4. The standard InChI is InChI=1S/C29H31F3N10O3.CH2O/c1-15-7-16(36-27(44)25-35-12-23(40(25)2)22-14-41(6-5-33)39-24(22)29(30,31)32)3-4-21(15)26(43)37-17-8-18(9-17)38-28(45)42-13-19-10-20(42)11-34-19;1-2/h3-4,7,12,14,17-20,34H,6,8-11,13H2,1-2H3,(H,36,44)(H,37,43)(H,38,45);1H2. The molecule has 4 N–H and O–H groups in total. The molecule has 2 aromatic heterocycles. The van der Waals surface area contributed by atoms with E-state index < -0.39 is 17.8 Å². The summed E-state index contributed by atoms with van der Waals surface area (Å²) in [7, 11) is 1.40. The zero-order valence-corrected chi connectivity index (χ0v) is 25.6. The number of piperazine rings is 1. The predicted molar refractivity (Wildman–Crippen MR) is 161 cm³/mol. The van der Waals surface area contributed by atoms with Gasteiger partial charge in [0.05, 0.1) is 23.5 Å². The molecule has 0 spiro atoms. The van der Waals surface area contributed by atoms with Crippen molar-refractivity contribution in [2.45, 2.75) is 63.1 Å². The molecule has 1 aromatic carbocycles. The molecule has 0 radical (unpaired) electrons. The predicted octanol–water partition coefficient (Wildman–Crippen LogP) is 2.22. The molecule has 3 aliphatic rings. The maximum absolute atomic E-state index is 13.6. The van der Waals surface area contributed by atoms with Crippen LogP contribution in [-0.2, 0) is 24.6 Å². The van der Waals surface area contributed by atoms with Crippen LogP contribution >= 0.6 is 0 Å². The summed E-state index contributed by atoms with van der Waals surface area (Å²) >= 11 is 0. The molecule has 1 saturated carbocycles. The van der Waals surface area contributed by atoms with Gasteiger partial charge in [0.1, 0.15) is 13.3 Å². The smallest absolute Gasteiger partial charge is 0.349 e. The number of benzene rings is 1. The Kier molecular flexibility index (Phi) is 9.33. The lowest BCUT2D eigenvalue weighted by Crippen LogP contribution is -2.58. The highest BCUT2D eigenvalue weighted by molar-refractivity contribution is 6.03. The summed E-state index contributed by atoms with van der Waals surface area (Å²) in [6, 6.07) is 7.03. The molecule has 4 heterocycles. The van der Waals surface area contributed by atoms with Crippen molar-refractivity contribution in [3.63, 3.8) is 0 Å². The van der Waals surface area contributed by atoms with E-state index in [1.54, 1.807) is 31.2 Å². The van der Waals surface area contributed by atoms with Gasteiger partial charge in [0, 0.05) is 61.8 Å². The summed E-state index contributed by atoms with van der Waals surface area (Å²) < 4.78 is 42.9. The lowest BCUT2D eigenvalue weighted by molar-refractivity contribution is -0.141. The number of hydrogen-bond acceptors (Lipinski definition) is 8. The fraction of sp³-hybridized carbons (Fsp3) is 0.433. The number of rotatable bonds is 7. The van der Waals surface area contributed by atoms with Crippen molar-refractivity contribution in [1.29, 1.82) is 5.26 Å². The molecule has 2 unspecified atom stereocenters. The van der Waals surface area contributed by atoms with E-state index in [0.29, 0.717) is 35.7 Å². The van der Waals surface area contributed by atoms with Gasteiger partial charge in [0.2, 0.25) is 0 Å². The second kappa shape index (κ2) is 13.2. The Morgan fingerprint density at radius 1 is 1.13 bits per heavy atom. The zero-order valence-electron chi connectivity index (χ0n) is 25.6. The third-order valence-electron chi connectivity index (χ3n) is 8.58. The molecule has 2 aliphatic heterocycles. The number of likely N-dealkylation sites (tertiary alicyclic amines) is 1. The maximum atomic E-state index is 13.6. The lowest BCUT2D eigenvalue weighted by atomic mass is 9.86. The van der Waals surface area contributed by atoms with E-state index in [1.807, 2.05) is 11.7 Å². The number of imidazole rings is 1. The minimum Gasteiger partial charge on any atom is -0.349 e. The van der Waals surface area contributed by atoms with Crippen LogP contribution in [0.25, 0.3) is 11.3 Å². The number of amides is 4. The van der Waals surface area contributed by atoms with E-state index in [-0.39, 0.29) is 53.7 Å². The van der Waals surface area contributed by atoms with E-state index in [4.69, 9.17) is 10.1 Å². The summed E-state index contributed by atoms with van der Waals surface area (Å²) in [5.41, 5.74) is -0.103. The number of aryl methyl sites for hydroxylation is 1. The van der Waals surface area contributed by atoms with Gasteiger partial charge in [-0.3, -0.25) is 14.3 Å². The first-order valence-corrected chi connectivity index (χ1v) is 14.8. The summed E-state index contributed by atoms with van der Waals surface area (Å²) in [6.07, 6.45) is -0.281. The number of aromatic nitrogens is 4. The van der Waals surface area contributed by atoms with Crippen LogP contribution in [0.2, 0.25) is 0 Å². The van der Waals surface area contributed by atoms with E-state index in [2.05, 4.69) is 31.3 Å². The SMILES string of the molecule is C=O.Cc1cc(NC(=O)c2ncc(-c3cn(CC#N)nc3C(F)(F)F)n2C)ccc1C(=O)NC1CC(NC(=O)N2CC3CC2CN3)C1. The number of nitrogens with zero attached hydrogens (tertiary/aromatic N) is 6. The Labute approximate surface area is 267 Å². The van der Waals surface area contributed by atoms with Crippen LogP contribution < -0.4 is 21.3 Å². The molecule has 1 aliphatic carbocycles. The number of carbonyl (C=O) groups is 4. The Hall–Kier alpha value is -5.24. The molecular weight excluding hydrogens is 621 g/mol. The normalized spacial score (nSPS) is 21.2. The van der Waals surface area contributed by atoms with Gasteiger partial charge in [-0.1, -0.05) is 0 Å². The van der Waals surface area contributed by atoms with Crippen LogP contribution in [-0.4, -0.2) is 86.1 Å². The largest absolute Gasteiger partial charge is 0.435 e. The van der Waals surface area contributed by atoms with E-state index in [1.165, 1.54) is 11.6 Å². The number of halogens is 3. The summed E-state index contributed by atoms with van der Waals surface area (Å²) in [5.74, 6) is -1.08. The van der Waals surface area contributed by atoms with E-state index >= 15 is 0 Å². The van der Waals surface area contributed by atoms with Crippen molar-refractivity contribution in [2.24, 2.45) is 7.05 Å². The van der Waals surface area contributed by atoms with Crippen LogP contribution in [0.3, 0.4) is 0 Å². The number of fused-ring (bicyclic) bond motifs is 2. The van der Waals surface area contributed by atoms with Crippen LogP contribution in [0.15, 0.2) is 30.6 Å². The van der Waals surface area contributed by atoms with Crippen molar-refractivity contribution >= 4 is 30.3 Å². The molecule has 3 aromatic rings. The molecule has 3 fully saturated rings.